The molecule has 2 nitrogen and oxygen atoms in total. The Morgan fingerprint density at radius 3 is 2.80 bits per heavy atom. The standard InChI is InChI=1S/C18H25NO/c1-19(2)18-12-16(20)17(10-6-5-9-15(17)18)11-14(18)13-7-3-4-8-13/h7,11,15H,3-6,8-10,12H2,1-2H3/t15?,17-,18+/m0/s1. The molecule has 0 N–H and O–H groups in total. The van der Waals surface area contributed by atoms with Crippen LogP contribution >= 0.6 is 0 Å². The lowest BCUT2D eigenvalue weighted by Gasteiger charge is -2.43. The molecular weight excluding hydrogens is 246 g/mol. The Kier molecular flexibility index (Phi) is 2.61. The zero-order valence-electron chi connectivity index (χ0n) is 12.7. The van der Waals surface area contributed by atoms with Gasteiger partial charge in [0.15, 0.2) is 0 Å². The van der Waals surface area contributed by atoms with Crippen LogP contribution in [0, 0.1) is 11.3 Å². The summed E-state index contributed by atoms with van der Waals surface area (Å²) < 4.78 is 0. The van der Waals surface area contributed by atoms with Gasteiger partial charge in [0.2, 0.25) is 0 Å². The lowest BCUT2D eigenvalue weighted by Crippen LogP contribution is -2.49. The third-order valence-corrected chi connectivity index (χ3v) is 6.53. The van der Waals surface area contributed by atoms with Crippen molar-refractivity contribution in [1.29, 1.82) is 0 Å². The zero-order valence-corrected chi connectivity index (χ0v) is 12.7. The van der Waals surface area contributed by atoms with Gasteiger partial charge in [-0.15, -0.1) is 0 Å². The lowest BCUT2D eigenvalue weighted by atomic mass is 9.68. The Bertz CT molecular complexity index is 530. The SMILES string of the molecule is CN(C)[C@]12CC(=O)[C@]3(C=C1C1=CCCC1)CCCCC32. The molecule has 0 radical (unpaired) electrons. The minimum Gasteiger partial charge on any atom is -0.299 e. The molecule has 0 spiro atoms. The molecule has 108 valence electrons. The van der Waals surface area contributed by atoms with Crippen molar-refractivity contribution in [2.24, 2.45) is 11.3 Å². The molecule has 3 atom stereocenters. The van der Waals surface area contributed by atoms with Crippen LogP contribution in [0.25, 0.3) is 0 Å². The van der Waals surface area contributed by atoms with E-state index in [1.165, 1.54) is 44.1 Å². The van der Waals surface area contributed by atoms with Crippen LogP contribution < -0.4 is 0 Å². The maximum Gasteiger partial charge on any atom is 0.145 e. The Labute approximate surface area is 121 Å². The summed E-state index contributed by atoms with van der Waals surface area (Å²) in [6.45, 7) is 0. The van der Waals surface area contributed by atoms with E-state index in [0.717, 1.165) is 12.8 Å². The van der Waals surface area contributed by atoms with Gasteiger partial charge >= 0.3 is 0 Å². The molecule has 0 aliphatic heterocycles. The largest absolute Gasteiger partial charge is 0.299 e. The van der Waals surface area contributed by atoms with Crippen molar-refractivity contribution in [2.45, 2.75) is 56.9 Å². The molecule has 2 fully saturated rings. The van der Waals surface area contributed by atoms with E-state index in [-0.39, 0.29) is 11.0 Å². The molecule has 20 heavy (non-hydrogen) atoms. The number of hydrogen-bond donors (Lipinski definition) is 0. The van der Waals surface area contributed by atoms with Crippen molar-refractivity contribution < 1.29 is 4.79 Å². The van der Waals surface area contributed by atoms with Gasteiger partial charge in [-0.2, -0.15) is 0 Å². The number of carbonyl (C=O) groups excluding carboxylic acids is 1. The molecule has 0 heterocycles. The molecule has 4 aliphatic rings. The highest BCUT2D eigenvalue weighted by atomic mass is 16.1. The Morgan fingerprint density at radius 1 is 1.25 bits per heavy atom. The van der Waals surface area contributed by atoms with E-state index in [9.17, 15) is 4.79 Å². The molecule has 0 saturated heterocycles. The monoisotopic (exact) mass is 271 g/mol. The summed E-state index contributed by atoms with van der Waals surface area (Å²) in [5.41, 5.74) is 3.01. The van der Waals surface area contributed by atoms with Crippen molar-refractivity contribution in [1.82, 2.24) is 4.90 Å². The summed E-state index contributed by atoms with van der Waals surface area (Å²) in [5, 5.41) is 0. The van der Waals surface area contributed by atoms with E-state index in [2.05, 4.69) is 31.1 Å². The number of allylic oxidation sites excluding steroid dienone is 2. The highest BCUT2D eigenvalue weighted by Crippen LogP contribution is 2.66. The van der Waals surface area contributed by atoms with Gasteiger partial charge in [-0.3, -0.25) is 9.69 Å². The van der Waals surface area contributed by atoms with E-state index in [1.807, 2.05) is 0 Å². The fourth-order valence-electron chi connectivity index (χ4n) is 5.64. The Balaban J connectivity index is 1.89. The van der Waals surface area contributed by atoms with Crippen molar-refractivity contribution in [3.05, 3.63) is 23.3 Å². The summed E-state index contributed by atoms with van der Waals surface area (Å²) in [6, 6.07) is 0. The molecule has 0 amide bonds. The number of rotatable bonds is 2. The second-order valence-electron chi connectivity index (χ2n) is 7.44. The topological polar surface area (TPSA) is 20.3 Å². The first-order valence-corrected chi connectivity index (χ1v) is 8.25. The first-order valence-electron chi connectivity index (χ1n) is 8.25. The number of carbonyl (C=O) groups is 1. The summed E-state index contributed by atoms with van der Waals surface area (Å²) in [4.78, 5) is 15.1. The molecule has 0 aromatic heterocycles. The fourth-order valence-corrected chi connectivity index (χ4v) is 5.64. The van der Waals surface area contributed by atoms with E-state index < -0.39 is 0 Å². The minimum absolute atomic E-state index is 0.0215. The molecule has 4 aliphatic carbocycles. The van der Waals surface area contributed by atoms with Gasteiger partial charge in [0, 0.05) is 6.42 Å². The van der Waals surface area contributed by atoms with Gasteiger partial charge in [0.05, 0.1) is 11.0 Å². The smallest absolute Gasteiger partial charge is 0.145 e. The second-order valence-corrected chi connectivity index (χ2v) is 7.44. The van der Waals surface area contributed by atoms with Gasteiger partial charge in [0.1, 0.15) is 5.78 Å². The number of likely N-dealkylation sites (N-methyl/N-ethyl adjacent to an activating group) is 1. The van der Waals surface area contributed by atoms with Crippen molar-refractivity contribution in [3.8, 4) is 0 Å². The van der Waals surface area contributed by atoms with Gasteiger partial charge in [-0.05, 0) is 63.3 Å². The van der Waals surface area contributed by atoms with Crippen molar-refractivity contribution in [2.75, 3.05) is 14.1 Å². The van der Waals surface area contributed by atoms with Crippen LogP contribution in [0.4, 0.5) is 0 Å². The summed E-state index contributed by atoms with van der Waals surface area (Å²) >= 11 is 0. The predicted octanol–water partition coefficient (Wildman–Crippen LogP) is 3.49. The first kappa shape index (κ1) is 12.8. The third kappa shape index (κ3) is 1.32. The predicted molar refractivity (Wildman–Crippen MR) is 80.5 cm³/mol. The van der Waals surface area contributed by atoms with E-state index in [4.69, 9.17) is 0 Å². The van der Waals surface area contributed by atoms with Gasteiger partial charge in [0.25, 0.3) is 0 Å². The summed E-state index contributed by atoms with van der Waals surface area (Å²) in [5.74, 6) is 1.07. The first-order chi connectivity index (χ1) is 9.61. The van der Waals surface area contributed by atoms with Crippen LogP contribution in [0.2, 0.25) is 0 Å². The van der Waals surface area contributed by atoms with Gasteiger partial charge < -0.3 is 0 Å². The maximum absolute atomic E-state index is 12.8. The molecule has 2 heteroatoms. The normalized spacial score (nSPS) is 43.0. The van der Waals surface area contributed by atoms with Crippen LogP contribution in [0.1, 0.15) is 51.4 Å². The number of nitrogens with zero attached hydrogens (tertiary/aromatic N) is 1. The van der Waals surface area contributed by atoms with Crippen molar-refractivity contribution >= 4 is 5.78 Å². The average Bonchev–Trinajstić information content (AvgIpc) is 3.09. The van der Waals surface area contributed by atoms with Crippen molar-refractivity contribution in [3.63, 3.8) is 0 Å². The number of ketones is 1. The van der Waals surface area contributed by atoms with Gasteiger partial charge in [-0.1, -0.05) is 25.0 Å². The third-order valence-electron chi connectivity index (χ3n) is 6.53. The molecule has 2 bridgehead atoms. The molecule has 4 rings (SSSR count). The van der Waals surface area contributed by atoms with Crippen LogP contribution in [0.3, 0.4) is 0 Å². The van der Waals surface area contributed by atoms with E-state index in [0.29, 0.717) is 11.7 Å². The molecule has 0 aromatic rings. The van der Waals surface area contributed by atoms with Crippen LogP contribution in [-0.2, 0) is 4.79 Å². The number of Topliss-reactive ketones (excluding diaryl/α,β-unsaturated/α-hetero) is 1. The highest BCUT2D eigenvalue weighted by Gasteiger charge is 2.68. The zero-order chi connectivity index (χ0) is 14.0. The summed E-state index contributed by atoms with van der Waals surface area (Å²) in [6.07, 6.45) is 14.2. The quantitative estimate of drug-likeness (QED) is 0.766. The molecule has 1 unspecified atom stereocenters. The lowest BCUT2D eigenvalue weighted by molar-refractivity contribution is -0.125. The minimum atomic E-state index is -0.0959. The maximum atomic E-state index is 12.8. The van der Waals surface area contributed by atoms with E-state index >= 15 is 0 Å². The average molecular weight is 271 g/mol. The second kappa shape index (κ2) is 4.07. The Morgan fingerprint density at radius 2 is 2.10 bits per heavy atom. The molecule has 0 aromatic carbocycles. The highest BCUT2D eigenvalue weighted by molar-refractivity contribution is 5.95. The fraction of sp³-hybridized carbons (Fsp3) is 0.722. The molecule has 2 saturated carbocycles. The van der Waals surface area contributed by atoms with Crippen LogP contribution in [-0.4, -0.2) is 30.3 Å². The van der Waals surface area contributed by atoms with Crippen LogP contribution in [0.15, 0.2) is 23.3 Å². The molecular formula is C18H25NO. The van der Waals surface area contributed by atoms with Gasteiger partial charge in [-0.25, -0.2) is 0 Å². The summed E-state index contributed by atoms with van der Waals surface area (Å²) in [7, 11) is 4.37. The Hall–Kier alpha value is -0.890. The van der Waals surface area contributed by atoms with E-state index in [1.54, 1.807) is 5.57 Å². The number of hydrogen-bond acceptors (Lipinski definition) is 2. The van der Waals surface area contributed by atoms with Crippen LogP contribution in [0.5, 0.6) is 0 Å².